The summed E-state index contributed by atoms with van der Waals surface area (Å²) in [6, 6.07) is 17.1. The third-order valence-corrected chi connectivity index (χ3v) is 5.49. The minimum absolute atomic E-state index is 0.000546. The molecule has 27 heavy (non-hydrogen) atoms. The lowest BCUT2D eigenvalue weighted by Gasteiger charge is -2.32. The van der Waals surface area contributed by atoms with Crippen LogP contribution in [-0.2, 0) is 4.79 Å². The zero-order valence-corrected chi connectivity index (χ0v) is 16.3. The van der Waals surface area contributed by atoms with Crippen molar-refractivity contribution in [2.75, 3.05) is 13.1 Å². The van der Waals surface area contributed by atoms with Gasteiger partial charge < -0.3 is 10.2 Å². The Kier molecular flexibility index (Phi) is 6.51. The molecule has 0 aliphatic carbocycles. The molecule has 1 aliphatic heterocycles. The molecule has 0 unspecified atom stereocenters. The van der Waals surface area contributed by atoms with Crippen molar-refractivity contribution in [2.24, 2.45) is 5.92 Å². The van der Waals surface area contributed by atoms with Crippen LogP contribution in [0, 0.1) is 5.92 Å². The van der Waals surface area contributed by atoms with Crippen LogP contribution in [0.15, 0.2) is 54.6 Å². The highest BCUT2D eigenvalue weighted by Gasteiger charge is 2.26. The molecule has 0 saturated carbocycles. The Bertz CT molecular complexity index is 786. The maximum Gasteiger partial charge on any atom is 0.255 e. The molecule has 1 atom stereocenters. The first-order valence-corrected chi connectivity index (χ1v) is 9.80. The minimum atomic E-state index is -0.0267. The highest BCUT2D eigenvalue weighted by atomic mass is 35.5. The van der Waals surface area contributed by atoms with Gasteiger partial charge in [-0.2, -0.15) is 0 Å². The van der Waals surface area contributed by atoms with Gasteiger partial charge in [0, 0.05) is 19.5 Å². The van der Waals surface area contributed by atoms with Gasteiger partial charge in [0.2, 0.25) is 5.91 Å². The number of hydrogen-bond donors (Lipinski definition) is 1. The first-order valence-electron chi connectivity index (χ1n) is 9.42. The fourth-order valence-corrected chi connectivity index (χ4v) is 3.75. The van der Waals surface area contributed by atoms with Crippen LogP contribution < -0.4 is 5.32 Å². The van der Waals surface area contributed by atoms with E-state index in [1.807, 2.05) is 54.3 Å². The standard InChI is InChI=1S/C22H25ClN2O2/c1-16(18-7-3-2-4-8-18)24-21(26)15-17-11-13-25(14-12-17)22(27)19-9-5-6-10-20(19)23/h2-10,16-17H,11-15H2,1H3,(H,24,26)/t16-/m1/s1. The van der Waals surface area contributed by atoms with E-state index in [4.69, 9.17) is 11.6 Å². The summed E-state index contributed by atoms with van der Waals surface area (Å²) in [5.41, 5.74) is 1.65. The van der Waals surface area contributed by atoms with Crippen molar-refractivity contribution in [3.63, 3.8) is 0 Å². The van der Waals surface area contributed by atoms with Crippen LogP contribution in [-0.4, -0.2) is 29.8 Å². The monoisotopic (exact) mass is 384 g/mol. The fourth-order valence-electron chi connectivity index (χ4n) is 3.53. The van der Waals surface area contributed by atoms with Crippen molar-refractivity contribution in [3.8, 4) is 0 Å². The van der Waals surface area contributed by atoms with Crippen LogP contribution >= 0.6 is 11.6 Å². The molecule has 1 saturated heterocycles. The molecule has 2 aromatic rings. The van der Waals surface area contributed by atoms with Gasteiger partial charge in [0.05, 0.1) is 16.6 Å². The maximum absolute atomic E-state index is 12.6. The zero-order chi connectivity index (χ0) is 19.2. The molecule has 1 heterocycles. The largest absolute Gasteiger partial charge is 0.350 e. The Balaban J connectivity index is 1.47. The number of benzene rings is 2. The number of rotatable bonds is 5. The molecule has 2 aromatic carbocycles. The minimum Gasteiger partial charge on any atom is -0.350 e. The van der Waals surface area contributed by atoms with Crippen molar-refractivity contribution >= 4 is 23.4 Å². The van der Waals surface area contributed by atoms with E-state index in [2.05, 4.69) is 5.32 Å². The third-order valence-electron chi connectivity index (χ3n) is 5.16. The Hall–Kier alpha value is -2.33. The van der Waals surface area contributed by atoms with Crippen molar-refractivity contribution in [1.29, 1.82) is 0 Å². The predicted molar refractivity (Wildman–Crippen MR) is 108 cm³/mol. The Morgan fingerprint density at radius 1 is 1.07 bits per heavy atom. The van der Waals surface area contributed by atoms with E-state index in [-0.39, 0.29) is 17.9 Å². The molecular formula is C22H25ClN2O2. The van der Waals surface area contributed by atoms with Gasteiger partial charge in [0.25, 0.3) is 5.91 Å². The van der Waals surface area contributed by atoms with Gasteiger partial charge in [-0.3, -0.25) is 9.59 Å². The summed E-state index contributed by atoms with van der Waals surface area (Å²) in [4.78, 5) is 26.8. The molecule has 142 valence electrons. The normalized spacial score (nSPS) is 16.0. The van der Waals surface area contributed by atoms with Gasteiger partial charge in [-0.1, -0.05) is 54.1 Å². The molecule has 5 heteroatoms. The van der Waals surface area contributed by atoms with E-state index in [0.717, 1.165) is 18.4 Å². The summed E-state index contributed by atoms with van der Waals surface area (Å²) in [7, 11) is 0. The van der Waals surface area contributed by atoms with Crippen LogP contribution in [0.5, 0.6) is 0 Å². The van der Waals surface area contributed by atoms with Gasteiger partial charge in [0.1, 0.15) is 0 Å². The molecule has 0 bridgehead atoms. The quantitative estimate of drug-likeness (QED) is 0.827. The number of nitrogens with zero attached hydrogens (tertiary/aromatic N) is 1. The predicted octanol–water partition coefficient (Wildman–Crippen LogP) is 4.46. The summed E-state index contributed by atoms with van der Waals surface area (Å²) in [5, 5.41) is 3.56. The van der Waals surface area contributed by atoms with Gasteiger partial charge in [0.15, 0.2) is 0 Å². The average Bonchev–Trinajstić information content (AvgIpc) is 2.69. The van der Waals surface area contributed by atoms with Crippen LogP contribution in [0.1, 0.15) is 48.1 Å². The maximum atomic E-state index is 12.6. The van der Waals surface area contributed by atoms with E-state index < -0.39 is 0 Å². The Morgan fingerprint density at radius 3 is 2.37 bits per heavy atom. The second kappa shape index (κ2) is 9.05. The number of likely N-dealkylation sites (tertiary alicyclic amines) is 1. The second-order valence-corrected chi connectivity index (χ2v) is 7.53. The van der Waals surface area contributed by atoms with E-state index in [9.17, 15) is 9.59 Å². The number of piperidine rings is 1. The summed E-state index contributed by atoms with van der Waals surface area (Å²) in [6.07, 6.45) is 2.18. The summed E-state index contributed by atoms with van der Waals surface area (Å²) in [5.74, 6) is 0.353. The molecule has 4 nitrogen and oxygen atoms in total. The van der Waals surface area contributed by atoms with Gasteiger partial charge in [-0.25, -0.2) is 0 Å². The molecule has 1 aliphatic rings. The summed E-state index contributed by atoms with van der Waals surface area (Å²) >= 11 is 6.13. The van der Waals surface area contributed by atoms with E-state index in [1.54, 1.807) is 12.1 Å². The number of nitrogens with one attached hydrogen (secondary N) is 1. The van der Waals surface area contributed by atoms with Crippen LogP contribution in [0.4, 0.5) is 0 Å². The summed E-state index contributed by atoms with van der Waals surface area (Å²) < 4.78 is 0. The molecule has 2 amide bonds. The molecule has 0 aromatic heterocycles. The molecule has 0 radical (unpaired) electrons. The Morgan fingerprint density at radius 2 is 1.70 bits per heavy atom. The molecule has 1 fully saturated rings. The first-order chi connectivity index (χ1) is 13.0. The highest BCUT2D eigenvalue weighted by molar-refractivity contribution is 6.33. The molecule has 0 spiro atoms. The van der Waals surface area contributed by atoms with Crippen LogP contribution in [0.3, 0.4) is 0 Å². The molecule has 1 N–H and O–H groups in total. The smallest absolute Gasteiger partial charge is 0.255 e. The van der Waals surface area contributed by atoms with E-state index >= 15 is 0 Å². The van der Waals surface area contributed by atoms with Gasteiger partial charge in [-0.05, 0) is 43.4 Å². The lowest BCUT2D eigenvalue weighted by atomic mass is 9.92. The topological polar surface area (TPSA) is 49.4 Å². The van der Waals surface area contributed by atoms with Gasteiger partial charge in [-0.15, -0.1) is 0 Å². The van der Waals surface area contributed by atoms with Crippen molar-refractivity contribution in [3.05, 3.63) is 70.7 Å². The van der Waals surface area contributed by atoms with E-state index in [1.165, 1.54) is 0 Å². The number of halogens is 1. The fraction of sp³-hybridized carbons (Fsp3) is 0.364. The lowest BCUT2D eigenvalue weighted by molar-refractivity contribution is -0.122. The number of hydrogen-bond acceptors (Lipinski definition) is 2. The van der Waals surface area contributed by atoms with Crippen molar-refractivity contribution < 1.29 is 9.59 Å². The first kappa shape index (κ1) is 19.4. The molecule has 3 rings (SSSR count). The number of amides is 2. The number of carbonyl (C=O) groups excluding carboxylic acids is 2. The Labute approximate surface area is 165 Å². The lowest BCUT2D eigenvalue weighted by Crippen LogP contribution is -2.40. The summed E-state index contributed by atoms with van der Waals surface area (Å²) in [6.45, 7) is 3.32. The highest BCUT2D eigenvalue weighted by Crippen LogP contribution is 2.24. The van der Waals surface area contributed by atoms with Crippen molar-refractivity contribution in [2.45, 2.75) is 32.2 Å². The van der Waals surface area contributed by atoms with Gasteiger partial charge >= 0.3 is 0 Å². The van der Waals surface area contributed by atoms with Crippen LogP contribution in [0.2, 0.25) is 5.02 Å². The SMILES string of the molecule is C[C@@H](NC(=O)CC1CCN(C(=O)c2ccccc2Cl)CC1)c1ccccc1. The molecular weight excluding hydrogens is 360 g/mol. The average molecular weight is 385 g/mol. The zero-order valence-electron chi connectivity index (χ0n) is 15.5. The van der Waals surface area contributed by atoms with Crippen molar-refractivity contribution in [1.82, 2.24) is 10.2 Å². The third kappa shape index (κ3) is 5.10. The second-order valence-electron chi connectivity index (χ2n) is 7.12. The number of carbonyl (C=O) groups is 2. The van der Waals surface area contributed by atoms with E-state index in [0.29, 0.717) is 36.0 Å². The van der Waals surface area contributed by atoms with Crippen LogP contribution in [0.25, 0.3) is 0 Å².